The first-order chi connectivity index (χ1) is 8.06. The minimum Gasteiger partial charge on any atom is -0.260 e. The molecule has 17 heavy (non-hydrogen) atoms. The Balaban J connectivity index is 2.42. The van der Waals surface area contributed by atoms with Gasteiger partial charge in [0.25, 0.3) is 6.43 Å². The van der Waals surface area contributed by atoms with Crippen LogP contribution in [0, 0.1) is 16.2 Å². The highest BCUT2D eigenvalue weighted by molar-refractivity contribution is 5.57. The van der Waals surface area contributed by atoms with Gasteiger partial charge in [0.15, 0.2) is 0 Å². The van der Waals surface area contributed by atoms with E-state index >= 15 is 0 Å². The van der Waals surface area contributed by atoms with Gasteiger partial charge in [-0.25, -0.2) is 8.78 Å². The standard InChI is InChI=1S/C9H5F2N4O2/c10-8(11)6-1-3-7(4-2-6)9(15(16)17)12-5-13-14-9/h1,3-5,8H. The second-order valence-corrected chi connectivity index (χ2v) is 3.19. The molecule has 0 aliphatic carbocycles. The van der Waals surface area contributed by atoms with Crippen molar-refractivity contribution >= 4 is 6.34 Å². The maximum Gasteiger partial charge on any atom is 0.457 e. The quantitative estimate of drug-likeness (QED) is 0.599. The van der Waals surface area contributed by atoms with Crippen LogP contribution in [0.1, 0.15) is 17.6 Å². The predicted octanol–water partition coefficient (Wildman–Crippen LogP) is 2.31. The van der Waals surface area contributed by atoms with Crippen LogP contribution >= 0.6 is 0 Å². The molecule has 1 aliphatic heterocycles. The first-order valence-corrected chi connectivity index (χ1v) is 4.47. The van der Waals surface area contributed by atoms with Gasteiger partial charge in [0.2, 0.25) is 0 Å². The maximum absolute atomic E-state index is 12.3. The Morgan fingerprint density at radius 3 is 2.65 bits per heavy atom. The molecular weight excluding hydrogens is 234 g/mol. The number of halogens is 2. The van der Waals surface area contributed by atoms with E-state index in [4.69, 9.17) is 0 Å². The van der Waals surface area contributed by atoms with Crippen LogP contribution in [0.2, 0.25) is 0 Å². The molecule has 6 nitrogen and oxygen atoms in total. The number of nitrogens with zero attached hydrogens (tertiary/aromatic N) is 4. The normalized spacial score (nSPS) is 22.3. The van der Waals surface area contributed by atoms with Crippen LogP contribution in [0.3, 0.4) is 0 Å². The van der Waals surface area contributed by atoms with Gasteiger partial charge in [-0.1, -0.05) is 11.2 Å². The molecule has 1 aliphatic rings. The van der Waals surface area contributed by atoms with E-state index in [9.17, 15) is 18.9 Å². The van der Waals surface area contributed by atoms with Crippen molar-refractivity contribution in [3.05, 3.63) is 45.5 Å². The lowest BCUT2D eigenvalue weighted by atomic mass is 10.1. The van der Waals surface area contributed by atoms with Crippen molar-refractivity contribution in [2.75, 3.05) is 0 Å². The van der Waals surface area contributed by atoms with E-state index in [0.29, 0.717) is 0 Å². The lowest BCUT2D eigenvalue weighted by molar-refractivity contribution is -0.575. The van der Waals surface area contributed by atoms with Crippen LogP contribution in [-0.4, -0.2) is 11.3 Å². The topological polar surface area (TPSA) is 80.2 Å². The Kier molecular flexibility index (Phi) is 2.62. The molecule has 8 heteroatoms. The summed E-state index contributed by atoms with van der Waals surface area (Å²) >= 11 is 0. The lowest BCUT2D eigenvalue weighted by Gasteiger charge is -2.12. The van der Waals surface area contributed by atoms with E-state index in [2.05, 4.69) is 21.3 Å². The molecule has 87 valence electrons. The predicted molar refractivity (Wildman–Crippen MR) is 52.3 cm³/mol. The maximum atomic E-state index is 12.3. The minimum absolute atomic E-state index is 0.0319. The fourth-order valence-corrected chi connectivity index (χ4v) is 1.34. The van der Waals surface area contributed by atoms with Crippen molar-refractivity contribution in [3.8, 4) is 0 Å². The molecule has 1 unspecified atom stereocenters. The van der Waals surface area contributed by atoms with E-state index in [1.165, 1.54) is 6.07 Å². The summed E-state index contributed by atoms with van der Waals surface area (Å²) in [6.07, 6.45) is -1.73. The number of hydrogen-bond acceptors (Lipinski definition) is 5. The van der Waals surface area contributed by atoms with E-state index < -0.39 is 17.1 Å². The average molecular weight is 239 g/mol. The van der Waals surface area contributed by atoms with Crippen LogP contribution in [-0.2, 0) is 5.79 Å². The highest BCUT2D eigenvalue weighted by Crippen LogP contribution is 2.32. The highest BCUT2D eigenvalue weighted by Gasteiger charge is 2.47. The summed E-state index contributed by atoms with van der Waals surface area (Å²) in [5.41, 5.74) is -0.310. The van der Waals surface area contributed by atoms with Gasteiger partial charge in [0.05, 0.1) is 10.5 Å². The van der Waals surface area contributed by atoms with Crippen molar-refractivity contribution in [2.24, 2.45) is 15.2 Å². The van der Waals surface area contributed by atoms with Crippen molar-refractivity contribution in [2.45, 2.75) is 12.2 Å². The van der Waals surface area contributed by atoms with E-state index in [1.54, 1.807) is 0 Å². The van der Waals surface area contributed by atoms with Gasteiger partial charge in [-0.15, -0.1) is 5.11 Å². The Hall–Kier alpha value is -2.25. The summed E-state index contributed by atoms with van der Waals surface area (Å²) < 4.78 is 24.6. The van der Waals surface area contributed by atoms with Crippen LogP contribution < -0.4 is 0 Å². The van der Waals surface area contributed by atoms with E-state index in [-0.39, 0.29) is 11.1 Å². The molecule has 1 heterocycles. The van der Waals surface area contributed by atoms with Gasteiger partial charge in [0.1, 0.15) is 6.34 Å². The molecule has 0 aromatic heterocycles. The summed E-state index contributed by atoms with van der Waals surface area (Å²) in [5, 5.41) is 17.6. The fourth-order valence-electron chi connectivity index (χ4n) is 1.34. The molecule has 1 aromatic rings. The third-order valence-electron chi connectivity index (χ3n) is 2.20. The number of benzene rings is 1. The molecule has 1 aromatic carbocycles. The molecule has 1 atom stereocenters. The third kappa shape index (κ3) is 1.77. The molecule has 0 bridgehead atoms. The summed E-state index contributed by atoms with van der Waals surface area (Å²) in [4.78, 5) is 13.7. The van der Waals surface area contributed by atoms with E-state index in [0.717, 1.165) is 18.5 Å². The molecule has 1 radical (unpaired) electrons. The third-order valence-corrected chi connectivity index (χ3v) is 2.20. The second kappa shape index (κ2) is 3.96. The number of rotatable bonds is 3. The minimum atomic E-state index is -2.68. The molecule has 0 saturated heterocycles. The highest BCUT2D eigenvalue weighted by atomic mass is 19.3. The van der Waals surface area contributed by atoms with Crippen molar-refractivity contribution < 1.29 is 13.7 Å². The van der Waals surface area contributed by atoms with Crippen LogP contribution in [0.25, 0.3) is 0 Å². The van der Waals surface area contributed by atoms with Crippen LogP contribution in [0.4, 0.5) is 8.78 Å². The number of nitro groups is 1. The first kappa shape index (κ1) is 11.2. The largest absolute Gasteiger partial charge is 0.457 e. The second-order valence-electron chi connectivity index (χ2n) is 3.19. The van der Waals surface area contributed by atoms with Gasteiger partial charge < -0.3 is 0 Å². The number of azo groups is 1. The average Bonchev–Trinajstić information content (AvgIpc) is 2.79. The van der Waals surface area contributed by atoms with Gasteiger partial charge in [0, 0.05) is 5.56 Å². The Bertz CT molecular complexity index is 486. The monoisotopic (exact) mass is 239 g/mol. The number of alkyl halides is 2. The SMILES string of the molecule is O=[N+]([O-])C1(c2c[c]c(C(F)F)cc2)N=CN=N1. The van der Waals surface area contributed by atoms with E-state index in [1.807, 2.05) is 0 Å². The molecule has 0 saturated carbocycles. The fraction of sp³-hybridized carbons (Fsp3) is 0.222. The first-order valence-electron chi connectivity index (χ1n) is 4.47. The number of aliphatic imine (C=N–C) groups is 1. The zero-order chi connectivity index (χ0) is 12.5. The Labute approximate surface area is 93.8 Å². The van der Waals surface area contributed by atoms with Crippen LogP contribution in [0.15, 0.2) is 33.4 Å². The molecule has 0 N–H and O–H groups in total. The van der Waals surface area contributed by atoms with Crippen molar-refractivity contribution in [1.29, 1.82) is 0 Å². The van der Waals surface area contributed by atoms with Crippen molar-refractivity contribution in [1.82, 2.24) is 0 Å². The Morgan fingerprint density at radius 2 is 2.24 bits per heavy atom. The van der Waals surface area contributed by atoms with Crippen LogP contribution in [0.5, 0.6) is 0 Å². The van der Waals surface area contributed by atoms with Crippen molar-refractivity contribution in [3.63, 3.8) is 0 Å². The molecule has 0 fully saturated rings. The smallest absolute Gasteiger partial charge is 0.260 e. The van der Waals surface area contributed by atoms with Gasteiger partial charge >= 0.3 is 5.79 Å². The van der Waals surface area contributed by atoms with Gasteiger partial charge in [-0.2, -0.15) is 4.99 Å². The zero-order valence-electron chi connectivity index (χ0n) is 8.25. The molecule has 0 spiro atoms. The summed E-state index contributed by atoms with van der Waals surface area (Å²) in [6, 6.07) is 5.56. The van der Waals surface area contributed by atoms with Gasteiger partial charge in [-0.3, -0.25) is 10.1 Å². The summed E-state index contributed by atoms with van der Waals surface area (Å²) in [7, 11) is 0. The summed E-state index contributed by atoms with van der Waals surface area (Å²) in [6.45, 7) is 0. The molecule has 0 amide bonds. The molecular formula is C9H5F2N4O2. The van der Waals surface area contributed by atoms with Gasteiger partial charge in [-0.05, 0) is 18.2 Å². The Morgan fingerprint density at radius 1 is 1.47 bits per heavy atom. The lowest BCUT2D eigenvalue weighted by Crippen LogP contribution is -2.29. The molecule has 2 rings (SSSR count). The summed E-state index contributed by atoms with van der Waals surface area (Å²) in [5.74, 6) is -2.06. The zero-order valence-corrected chi connectivity index (χ0v) is 8.25. The number of hydrogen-bond donors (Lipinski definition) is 0.